The van der Waals surface area contributed by atoms with Gasteiger partial charge in [0.15, 0.2) is 0 Å². The number of ether oxygens (including phenoxy) is 1. The average Bonchev–Trinajstić information content (AvgIpc) is 3.01. The lowest BCUT2D eigenvalue weighted by Crippen LogP contribution is -2.57. The second kappa shape index (κ2) is 7.15. The molecule has 4 rings (SSSR count). The molecule has 0 bridgehead atoms. The van der Waals surface area contributed by atoms with Gasteiger partial charge in [-0.2, -0.15) is 0 Å². The molecule has 2 N–H and O–H groups in total. The smallest absolute Gasteiger partial charge is 0.522 e. The monoisotopic (exact) mass is 386 g/mol. The van der Waals surface area contributed by atoms with Crippen LogP contribution in [-0.2, 0) is 17.8 Å². The fourth-order valence-corrected chi connectivity index (χ4v) is 3.32. The van der Waals surface area contributed by atoms with Gasteiger partial charge in [-0.1, -0.05) is 11.3 Å². The van der Waals surface area contributed by atoms with E-state index in [9.17, 15) is 19.7 Å². The third-order valence-corrected chi connectivity index (χ3v) is 4.77. The zero-order valence-corrected chi connectivity index (χ0v) is 15.2. The zero-order valence-electron chi connectivity index (χ0n) is 15.2. The molecule has 0 atom stereocenters. The summed E-state index contributed by atoms with van der Waals surface area (Å²) in [6.45, 7) is 2.60. The molecule has 0 unspecified atom stereocenters. The number of nitrogens with zero attached hydrogens (tertiary/aromatic N) is 4. The van der Waals surface area contributed by atoms with Crippen molar-refractivity contribution in [1.29, 1.82) is 0 Å². The number of rotatable bonds is 5. The third kappa shape index (κ3) is 3.52. The Kier molecular flexibility index (Phi) is 4.67. The number of benzene rings is 1. The SMILES string of the molecule is Cc1cn(CC(=O)N2CC(Oc3ccc4c(c3C(=O)O)OB(O)CC4)C2)nn1. The maximum Gasteiger partial charge on any atom is 0.522 e. The van der Waals surface area contributed by atoms with Gasteiger partial charge in [0.25, 0.3) is 0 Å². The van der Waals surface area contributed by atoms with Crippen LogP contribution >= 0.6 is 0 Å². The highest BCUT2D eigenvalue weighted by molar-refractivity contribution is 6.44. The van der Waals surface area contributed by atoms with E-state index >= 15 is 0 Å². The summed E-state index contributed by atoms with van der Waals surface area (Å²) in [5.41, 5.74) is 1.36. The van der Waals surface area contributed by atoms with Gasteiger partial charge in [0.1, 0.15) is 29.7 Å². The van der Waals surface area contributed by atoms with Crippen LogP contribution in [0.1, 0.15) is 21.6 Å². The molecule has 1 fully saturated rings. The van der Waals surface area contributed by atoms with Crippen LogP contribution in [0, 0.1) is 6.92 Å². The van der Waals surface area contributed by atoms with E-state index in [1.54, 1.807) is 30.2 Å². The Labute approximate surface area is 160 Å². The minimum Gasteiger partial charge on any atom is -0.535 e. The topological polar surface area (TPSA) is 127 Å². The van der Waals surface area contributed by atoms with Crippen LogP contribution in [0.25, 0.3) is 0 Å². The largest absolute Gasteiger partial charge is 0.535 e. The molecule has 2 aliphatic heterocycles. The van der Waals surface area contributed by atoms with Gasteiger partial charge in [-0.3, -0.25) is 4.79 Å². The Morgan fingerprint density at radius 1 is 1.39 bits per heavy atom. The van der Waals surface area contributed by atoms with E-state index in [1.165, 1.54) is 4.68 Å². The fourth-order valence-electron chi connectivity index (χ4n) is 3.32. The van der Waals surface area contributed by atoms with Gasteiger partial charge >= 0.3 is 13.1 Å². The number of aromatic carboxylic acids is 1. The molecule has 0 aliphatic carbocycles. The first-order valence-electron chi connectivity index (χ1n) is 8.96. The van der Waals surface area contributed by atoms with Gasteiger partial charge < -0.3 is 24.4 Å². The van der Waals surface area contributed by atoms with Crippen molar-refractivity contribution in [2.24, 2.45) is 0 Å². The van der Waals surface area contributed by atoms with Gasteiger partial charge in [0, 0.05) is 6.20 Å². The molecule has 10 nitrogen and oxygen atoms in total. The molecule has 2 aliphatic rings. The van der Waals surface area contributed by atoms with E-state index in [-0.39, 0.29) is 35.6 Å². The number of hydrogen-bond acceptors (Lipinski definition) is 7. The molecule has 146 valence electrons. The van der Waals surface area contributed by atoms with Crippen molar-refractivity contribution in [2.75, 3.05) is 13.1 Å². The standard InChI is InChI=1S/C17H19BN4O6/c1-10-6-22(20-19-10)9-14(23)21-7-12(8-21)27-13-3-2-11-4-5-18(26)28-16(11)15(13)17(24)25/h2-3,6,12,26H,4-5,7-9H2,1H3,(H,24,25). The lowest BCUT2D eigenvalue weighted by atomic mass is 9.78. The van der Waals surface area contributed by atoms with Crippen molar-refractivity contribution in [3.8, 4) is 11.5 Å². The van der Waals surface area contributed by atoms with Crippen molar-refractivity contribution >= 4 is 19.0 Å². The molecule has 1 aromatic carbocycles. The average molecular weight is 386 g/mol. The molecule has 3 heterocycles. The molecular formula is C17H19BN4O6. The van der Waals surface area contributed by atoms with Crippen LogP contribution in [0.3, 0.4) is 0 Å². The molecule has 1 aromatic heterocycles. The summed E-state index contributed by atoms with van der Waals surface area (Å²) < 4.78 is 12.6. The summed E-state index contributed by atoms with van der Waals surface area (Å²) in [6, 6.07) is 3.35. The number of carboxylic acid groups (broad SMARTS) is 1. The second-order valence-corrected chi connectivity index (χ2v) is 6.94. The highest BCUT2D eigenvalue weighted by Gasteiger charge is 2.35. The van der Waals surface area contributed by atoms with E-state index in [1.807, 2.05) is 0 Å². The number of carbonyl (C=O) groups is 2. The van der Waals surface area contributed by atoms with Crippen molar-refractivity contribution in [3.63, 3.8) is 0 Å². The first-order valence-corrected chi connectivity index (χ1v) is 8.96. The van der Waals surface area contributed by atoms with Crippen molar-refractivity contribution in [3.05, 3.63) is 35.2 Å². The molecule has 1 saturated heterocycles. The van der Waals surface area contributed by atoms with Crippen LogP contribution < -0.4 is 9.39 Å². The second-order valence-electron chi connectivity index (χ2n) is 6.94. The molecule has 28 heavy (non-hydrogen) atoms. The van der Waals surface area contributed by atoms with Crippen LogP contribution in [0.15, 0.2) is 18.3 Å². The molecule has 0 radical (unpaired) electrons. The van der Waals surface area contributed by atoms with Crippen LogP contribution in [0.2, 0.25) is 6.32 Å². The Morgan fingerprint density at radius 2 is 2.18 bits per heavy atom. The summed E-state index contributed by atoms with van der Waals surface area (Å²) >= 11 is 0. The number of aryl methyl sites for hydroxylation is 2. The van der Waals surface area contributed by atoms with E-state index in [4.69, 9.17) is 9.39 Å². The van der Waals surface area contributed by atoms with Gasteiger partial charge in [-0.05, 0) is 31.3 Å². The summed E-state index contributed by atoms with van der Waals surface area (Å²) in [6.07, 6.45) is 2.32. The fraction of sp³-hybridized carbons (Fsp3) is 0.412. The van der Waals surface area contributed by atoms with Crippen molar-refractivity contribution in [2.45, 2.75) is 32.3 Å². The van der Waals surface area contributed by atoms with E-state index in [0.29, 0.717) is 25.8 Å². The number of fused-ring (bicyclic) bond motifs is 1. The summed E-state index contributed by atoms with van der Waals surface area (Å²) in [7, 11) is -1.03. The lowest BCUT2D eigenvalue weighted by Gasteiger charge is -2.39. The van der Waals surface area contributed by atoms with Crippen LogP contribution in [0.5, 0.6) is 11.5 Å². The predicted octanol–water partition coefficient (Wildman–Crippen LogP) is -0.0101. The summed E-state index contributed by atoms with van der Waals surface area (Å²) in [4.78, 5) is 25.6. The van der Waals surface area contributed by atoms with Gasteiger partial charge in [0.2, 0.25) is 5.91 Å². The first-order chi connectivity index (χ1) is 13.4. The highest BCUT2D eigenvalue weighted by atomic mass is 16.5. The van der Waals surface area contributed by atoms with E-state index < -0.39 is 13.1 Å². The number of carboxylic acids is 1. The molecule has 2 aromatic rings. The first kappa shape index (κ1) is 18.3. The number of aromatic nitrogens is 3. The van der Waals surface area contributed by atoms with Crippen molar-refractivity contribution in [1.82, 2.24) is 19.9 Å². The molecular weight excluding hydrogens is 367 g/mol. The van der Waals surface area contributed by atoms with Gasteiger partial charge in [0.05, 0.1) is 18.8 Å². The maximum absolute atomic E-state index is 12.2. The molecule has 11 heteroatoms. The maximum atomic E-state index is 12.2. The minimum atomic E-state index is -1.19. The molecule has 0 spiro atoms. The number of carbonyl (C=O) groups excluding carboxylic acids is 1. The highest BCUT2D eigenvalue weighted by Crippen LogP contribution is 2.37. The Balaban J connectivity index is 1.41. The quantitative estimate of drug-likeness (QED) is 0.687. The van der Waals surface area contributed by atoms with Crippen LogP contribution in [0.4, 0.5) is 0 Å². The minimum absolute atomic E-state index is 0.0957. The van der Waals surface area contributed by atoms with Crippen molar-refractivity contribution < 1.29 is 29.1 Å². The molecule has 1 amide bonds. The summed E-state index contributed by atoms with van der Waals surface area (Å²) in [5.74, 6) is -0.975. The van der Waals surface area contributed by atoms with Gasteiger partial charge in [-0.15, -0.1) is 5.10 Å². The van der Waals surface area contributed by atoms with E-state index in [0.717, 1.165) is 11.3 Å². The van der Waals surface area contributed by atoms with Crippen LogP contribution in [-0.4, -0.2) is 68.2 Å². The Hall–Kier alpha value is -3.08. The number of hydrogen-bond donors (Lipinski definition) is 2. The van der Waals surface area contributed by atoms with Gasteiger partial charge in [-0.25, -0.2) is 9.48 Å². The Bertz CT molecular complexity index is 926. The molecule has 0 saturated carbocycles. The lowest BCUT2D eigenvalue weighted by molar-refractivity contribution is -0.140. The number of amides is 1. The zero-order chi connectivity index (χ0) is 19.8. The third-order valence-electron chi connectivity index (χ3n) is 4.77. The van der Waals surface area contributed by atoms with E-state index in [2.05, 4.69) is 10.3 Å². The normalized spacial score (nSPS) is 16.2. The summed E-state index contributed by atoms with van der Waals surface area (Å²) in [5, 5.41) is 27.0. The predicted molar refractivity (Wildman–Crippen MR) is 96.3 cm³/mol. The Morgan fingerprint density at radius 3 is 2.86 bits per heavy atom. The number of likely N-dealkylation sites (tertiary alicyclic amines) is 1.